The van der Waals surface area contributed by atoms with Crippen molar-refractivity contribution in [2.75, 3.05) is 18.4 Å². The average Bonchev–Trinajstić information content (AvgIpc) is 2.42. The third-order valence-corrected chi connectivity index (χ3v) is 4.04. The number of aryl methyl sites for hydroxylation is 1. The minimum atomic E-state index is -0.774. The first-order valence-corrected chi connectivity index (χ1v) is 7.37. The molecule has 1 aliphatic rings. The standard InChI is InChI=1S/C15H19ClN2O3/c1-10-2-3-13(12(16)8-10)17-15(21)18-6-4-11(5-7-18)9-14(19)20/h2-3,8,11H,4-7,9H2,1H3,(H,17,21)(H,19,20). The van der Waals surface area contributed by atoms with E-state index < -0.39 is 5.97 Å². The van der Waals surface area contributed by atoms with E-state index in [9.17, 15) is 9.59 Å². The van der Waals surface area contributed by atoms with Gasteiger partial charge in [-0.05, 0) is 43.4 Å². The predicted octanol–water partition coefficient (Wildman–Crippen LogP) is 3.37. The lowest BCUT2D eigenvalue weighted by Crippen LogP contribution is -2.41. The van der Waals surface area contributed by atoms with Crippen LogP contribution in [0.2, 0.25) is 5.02 Å². The van der Waals surface area contributed by atoms with Gasteiger partial charge in [-0.1, -0.05) is 17.7 Å². The second kappa shape index (κ2) is 6.80. The van der Waals surface area contributed by atoms with Gasteiger partial charge in [0.15, 0.2) is 0 Å². The number of carbonyl (C=O) groups is 2. The molecule has 2 rings (SSSR count). The molecule has 0 aromatic heterocycles. The van der Waals surface area contributed by atoms with Crippen LogP contribution >= 0.6 is 11.6 Å². The molecule has 1 heterocycles. The van der Waals surface area contributed by atoms with Crippen molar-refractivity contribution in [2.45, 2.75) is 26.2 Å². The number of hydrogen-bond acceptors (Lipinski definition) is 2. The Kier molecular flexibility index (Phi) is 5.07. The molecule has 0 unspecified atom stereocenters. The van der Waals surface area contributed by atoms with Crippen molar-refractivity contribution in [3.63, 3.8) is 0 Å². The number of anilines is 1. The second-order valence-corrected chi connectivity index (χ2v) is 5.85. The van der Waals surface area contributed by atoms with Gasteiger partial charge in [0.25, 0.3) is 0 Å². The van der Waals surface area contributed by atoms with Crippen LogP contribution in [0.5, 0.6) is 0 Å². The Bertz CT molecular complexity index is 540. The van der Waals surface area contributed by atoms with Crippen LogP contribution in [-0.4, -0.2) is 35.1 Å². The highest BCUT2D eigenvalue weighted by molar-refractivity contribution is 6.33. The third kappa shape index (κ3) is 4.36. The van der Waals surface area contributed by atoms with E-state index in [1.165, 1.54) is 0 Å². The number of benzene rings is 1. The van der Waals surface area contributed by atoms with Crippen LogP contribution in [0.15, 0.2) is 18.2 Å². The molecule has 5 nitrogen and oxygen atoms in total. The molecule has 1 aromatic carbocycles. The lowest BCUT2D eigenvalue weighted by atomic mass is 9.94. The molecule has 2 amide bonds. The molecule has 0 aliphatic carbocycles. The number of amides is 2. The zero-order valence-corrected chi connectivity index (χ0v) is 12.7. The Morgan fingerprint density at radius 3 is 2.62 bits per heavy atom. The van der Waals surface area contributed by atoms with Gasteiger partial charge in [0.05, 0.1) is 10.7 Å². The first-order valence-electron chi connectivity index (χ1n) is 6.99. The van der Waals surface area contributed by atoms with Gasteiger partial charge < -0.3 is 15.3 Å². The number of rotatable bonds is 3. The predicted molar refractivity (Wildman–Crippen MR) is 81.8 cm³/mol. The summed E-state index contributed by atoms with van der Waals surface area (Å²) in [5, 5.41) is 12.1. The summed E-state index contributed by atoms with van der Waals surface area (Å²) < 4.78 is 0. The van der Waals surface area contributed by atoms with E-state index in [0.717, 1.165) is 18.4 Å². The van der Waals surface area contributed by atoms with Gasteiger partial charge in [-0.2, -0.15) is 0 Å². The van der Waals surface area contributed by atoms with Gasteiger partial charge >= 0.3 is 12.0 Å². The fraction of sp³-hybridized carbons (Fsp3) is 0.467. The average molecular weight is 311 g/mol. The number of likely N-dealkylation sites (tertiary alicyclic amines) is 1. The lowest BCUT2D eigenvalue weighted by molar-refractivity contribution is -0.138. The summed E-state index contributed by atoms with van der Waals surface area (Å²) >= 11 is 6.09. The molecule has 0 radical (unpaired) electrons. The number of nitrogens with one attached hydrogen (secondary N) is 1. The molecule has 0 saturated carbocycles. The highest BCUT2D eigenvalue weighted by atomic mass is 35.5. The zero-order valence-electron chi connectivity index (χ0n) is 11.9. The van der Waals surface area contributed by atoms with Crippen molar-refractivity contribution in [2.24, 2.45) is 5.92 Å². The largest absolute Gasteiger partial charge is 0.481 e. The van der Waals surface area contributed by atoms with Gasteiger partial charge in [-0.25, -0.2) is 4.79 Å². The zero-order chi connectivity index (χ0) is 15.4. The number of piperidine rings is 1. The van der Waals surface area contributed by atoms with E-state index in [0.29, 0.717) is 23.8 Å². The Labute approximate surface area is 128 Å². The van der Waals surface area contributed by atoms with Crippen LogP contribution in [0.25, 0.3) is 0 Å². The van der Waals surface area contributed by atoms with Crippen molar-refractivity contribution in [1.29, 1.82) is 0 Å². The smallest absolute Gasteiger partial charge is 0.321 e. The maximum absolute atomic E-state index is 12.2. The summed E-state index contributed by atoms with van der Waals surface area (Å²) in [6, 6.07) is 5.29. The number of nitrogens with zero attached hydrogens (tertiary/aromatic N) is 1. The fourth-order valence-corrected chi connectivity index (χ4v) is 2.79. The van der Waals surface area contributed by atoms with Crippen LogP contribution in [0.1, 0.15) is 24.8 Å². The summed E-state index contributed by atoms with van der Waals surface area (Å²) in [5.74, 6) is -0.612. The molecule has 1 fully saturated rings. The number of hydrogen-bond donors (Lipinski definition) is 2. The minimum absolute atomic E-state index is 0.162. The number of carboxylic acids is 1. The molecular weight excluding hydrogens is 292 g/mol. The van der Waals surface area contributed by atoms with Gasteiger partial charge in [0, 0.05) is 19.5 Å². The van der Waals surface area contributed by atoms with Crippen molar-refractivity contribution < 1.29 is 14.7 Å². The van der Waals surface area contributed by atoms with Gasteiger partial charge in [-0.3, -0.25) is 4.79 Å². The van der Waals surface area contributed by atoms with Gasteiger partial charge in [0.2, 0.25) is 0 Å². The Hall–Kier alpha value is -1.75. The summed E-state index contributed by atoms with van der Waals surface area (Å²) in [7, 11) is 0. The lowest BCUT2D eigenvalue weighted by Gasteiger charge is -2.31. The topological polar surface area (TPSA) is 69.6 Å². The molecule has 1 aliphatic heterocycles. The molecule has 0 spiro atoms. The van der Waals surface area contributed by atoms with E-state index in [4.69, 9.17) is 16.7 Å². The Balaban J connectivity index is 1.89. The van der Waals surface area contributed by atoms with E-state index in [1.807, 2.05) is 13.0 Å². The number of carboxylic acid groups (broad SMARTS) is 1. The molecule has 2 N–H and O–H groups in total. The van der Waals surface area contributed by atoms with E-state index in [1.54, 1.807) is 17.0 Å². The van der Waals surface area contributed by atoms with Crippen molar-refractivity contribution in [1.82, 2.24) is 4.90 Å². The summed E-state index contributed by atoms with van der Waals surface area (Å²) in [5.41, 5.74) is 1.63. The molecule has 1 saturated heterocycles. The Morgan fingerprint density at radius 1 is 1.38 bits per heavy atom. The number of aliphatic carboxylic acids is 1. The highest BCUT2D eigenvalue weighted by Crippen LogP contribution is 2.25. The van der Waals surface area contributed by atoms with Crippen LogP contribution in [0, 0.1) is 12.8 Å². The molecule has 6 heteroatoms. The number of halogens is 1. The molecule has 114 valence electrons. The van der Waals surface area contributed by atoms with Crippen LogP contribution < -0.4 is 5.32 Å². The SMILES string of the molecule is Cc1ccc(NC(=O)N2CCC(CC(=O)O)CC2)c(Cl)c1. The molecular formula is C15H19ClN2O3. The fourth-order valence-electron chi connectivity index (χ4n) is 2.50. The highest BCUT2D eigenvalue weighted by Gasteiger charge is 2.24. The van der Waals surface area contributed by atoms with E-state index >= 15 is 0 Å². The maximum Gasteiger partial charge on any atom is 0.321 e. The van der Waals surface area contributed by atoms with Crippen LogP contribution in [-0.2, 0) is 4.79 Å². The first kappa shape index (κ1) is 15.6. The third-order valence-electron chi connectivity index (χ3n) is 3.73. The van der Waals surface area contributed by atoms with Crippen LogP contribution in [0.4, 0.5) is 10.5 Å². The first-order chi connectivity index (χ1) is 9.95. The number of urea groups is 1. The second-order valence-electron chi connectivity index (χ2n) is 5.44. The summed E-state index contributed by atoms with van der Waals surface area (Å²) in [6.07, 6.45) is 1.63. The van der Waals surface area contributed by atoms with Crippen LogP contribution in [0.3, 0.4) is 0 Å². The van der Waals surface area contributed by atoms with E-state index in [2.05, 4.69) is 5.32 Å². The van der Waals surface area contributed by atoms with Crippen molar-refractivity contribution in [3.8, 4) is 0 Å². The molecule has 21 heavy (non-hydrogen) atoms. The summed E-state index contributed by atoms with van der Waals surface area (Å²) in [4.78, 5) is 24.6. The van der Waals surface area contributed by atoms with Gasteiger partial charge in [-0.15, -0.1) is 0 Å². The Morgan fingerprint density at radius 2 is 2.05 bits per heavy atom. The quantitative estimate of drug-likeness (QED) is 0.899. The van der Waals surface area contributed by atoms with Gasteiger partial charge in [0.1, 0.15) is 0 Å². The maximum atomic E-state index is 12.2. The number of carbonyl (C=O) groups excluding carboxylic acids is 1. The summed E-state index contributed by atoms with van der Waals surface area (Å²) in [6.45, 7) is 3.09. The molecule has 0 atom stereocenters. The molecule has 1 aromatic rings. The monoisotopic (exact) mass is 310 g/mol. The normalized spacial score (nSPS) is 15.8. The minimum Gasteiger partial charge on any atom is -0.481 e. The molecule has 0 bridgehead atoms. The van der Waals surface area contributed by atoms with E-state index in [-0.39, 0.29) is 18.4 Å². The van der Waals surface area contributed by atoms with Crippen molar-refractivity contribution >= 4 is 29.3 Å². The van der Waals surface area contributed by atoms with Crippen molar-refractivity contribution in [3.05, 3.63) is 28.8 Å².